The van der Waals surface area contributed by atoms with E-state index in [1.807, 2.05) is 37.3 Å². The highest BCUT2D eigenvalue weighted by Crippen LogP contribution is 2.18. The van der Waals surface area contributed by atoms with Gasteiger partial charge in [0.15, 0.2) is 0 Å². The van der Waals surface area contributed by atoms with E-state index < -0.39 is 0 Å². The van der Waals surface area contributed by atoms with Gasteiger partial charge in [0.2, 0.25) is 0 Å². The predicted molar refractivity (Wildman–Crippen MR) is 79.2 cm³/mol. The summed E-state index contributed by atoms with van der Waals surface area (Å²) in [6.07, 6.45) is 4.32. The van der Waals surface area contributed by atoms with Crippen molar-refractivity contribution >= 4 is 21.8 Å². The van der Waals surface area contributed by atoms with Crippen molar-refractivity contribution in [3.8, 4) is 0 Å². The summed E-state index contributed by atoms with van der Waals surface area (Å²) in [5.74, 6) is -0.0547. The van der Waals surface area contributed by atoms with E-state index in [4.69, 9.17) is 0 Å². The Bertz CT molecular complexity index is 570. The van der Waals surface area contributed by atoms with E-state index in [1.165, 1.54) is 5.56 Å². The maximum absolute atomic E-state index is 12.0. The number of hydrogen-bond donors (Lipinski definition) is 1. The third kappa shape index (κ3) is 3.89. The van der Waals surface area contributed by atoms with Crippen LogP contribution in [-0.4, -0.2) is 17.4 Å². The number of carbonyl (C=O) groups is 1. The highest BCUT2D eigenvalue weighted by molar-refractivity contribution is 9.10. The lowest BCUT2D eigenvalue weighted by Gasteiger charge is -2.07. The van der Waals surface area contributed by atoms with E-state index >= 15 is 0 Å². The molecule has 0 aliphatic heterocycles. The largest absolute Gasteiger partial charge is 0.352 e. The number of pyridine rings is 1. The van der Waals surface area contributed by atoms with Crippen LogP contribution < -0.4 is 5.32 Å². The first-order valence-corrected chi connectivity index (χ1v) is 6.89. The molecule has 3 nitrogen and oxygen atoms in total. The molecule has 0 saturated heterocycles. The second-order valence-corrected chi connectivity index (χ2v) is 5.20. The van der Waals surface area contributed by atoms with Gasteiger partial charge in [-0.05, 0) is 64.7 Å². The van der Waals surface area contributed by atoms with Crippen LogP contribution in [0.4, 0.5) is 0 Å². The van der Waals surface area contributed by atoms with Crippen molar-refractivity contribution in [1.82, 2.24) is 10.3 Å². The molecule has 2 aromatic rings. The smallest absolute Gasteiger partial charge is 0.252 e. The van der Waals surface area contributed by atoms with Gasteiger partial charge >= 0.3 is 0 Å². The second-order valence-electron chi connectivity index (χ2n) is 4.34. The Balaban J connectivity index is 1.91. The number of aromatic nitrogens is 1. The van der Waals surface area contributed by atoms with Crippen LogP contribution in [0.2, 0.25) is 0 Å². The van der Waals surface area contributed by atoms with Gasteiger partial charge in [0.1, 0.15) is 0 Å². The number of aryl methyl sites for hydroxylation is 1. The number of rotatable bonds is 4. The van der Waals surface area contributed by atoms with E-state index in [-0.39, 0.29) is 5.91 Å². The minimum atomic E-state index is -0.0547. The van der Waals surface area contributed by atoms with Crippen LogP contribution in [0, 0.1) is 6.92 Å². The molecule has 0 aliphatic carbocycles. The van der Waals surface area contributed by atoms with E-state index in [0.29, 0.717) is 12.1 Å². The number of benzene rings is 1. The molecule has 0 spiro atoms. The Kier molecular flexibility index (Phi) is 4.68. The van der Waals surface area contributed by atoms with Gasteiger partial charge in [-0.25, -0.2) is 0 Å². The van der Waals surface area contributed by atoms with Crippen molar-refractivity contribution in [3.05, 3.63) is 63.9 Å². The summed E-state index contributed by atoms with van der Waals surface area (Å²) in [5, 5.41) is 2.92. The van der Waals surface area contributed by atoms with Crippen LogP contribution >= 0.6 is 15.9 Å². The van der Waals surface area contributed by atoms with Gasteiger partial charge in [0.25, 0.3) is 5.91 Å². The molecule has 0 aliphatic rings. The summed E-state index contributed by atoms with van der Waals surface area (Å²) in [6, 6.07) is 9.61. The lowest BCUT2D eigenvalue weighted by Crippen LogP contribution is -2.26. The van der Waals surface area contributed by atoms with E-state index in [1.54, 1.807) is 12.4 Å². The lowest BCUT2D eigenvalue weighted by atomic mass is 10.1. The predicted octanol–water partition coefficient (Wildman–Crippen LogP) is 3.13. The molecular weight excluding hydrogens is 304 g/mol. The Hall–Kier alpha value is -1.68. The molecule has 0 radical (unpaired) electrons. The first-order valence-electron chi connectivity index (χ1n) is 6.10. The molecule has 2 rings (SSSR count). The Morgan fingerprint density at radius 2 is 2.00 bits per heavy atom. The standard InChI is InChI=1S/C15H15BrN2O/c1-11-2-3-13(14(16)10-11)15(19)18-9-6-12-4-7-17-8-5-12/h2-5,7-8,10H,6,9H2,1H3,(H,18,19). The molecule has 0 atom stereocenters. The average molecular weight is 319 g/mol. The fourth-order valence-corrected chi connectivity index (χ4v) is 2.44. The number of halogens is 1. The quantitative estimate of drug-likeness (QED) is 0.941. The lowest BCUT2D eigenvalue weighted by molar-refractivity contribution is 0.0953. The topological polar surface area (TPSA) is 42.0 Å². The van der Waals surface area contributed by atoms with Crippen LogP contribution in [0.25, 0.3) is 0 Å². The fourth-order valence-electron chi connectivity index (χ4n) is 1.77. The Morgan fingerprint density at radius 1 is 1.26 bits per heavy atom. The molecular formula is C15H15BrN2O. The molecule has 0 saturated carbocycles. The van der Waals surface area contributed by atoms with Gasteiger partial charge in [-0.3, -0.25) is 9.78 Å². The first-order chi connectivity index (χ1) is 9.16. The summed E-state index contributed by atoms with van der Waals surface area (Å²) >= 11 is 3.42. The van der Waals surface area contributed by atoms with Crippen molar-refractivity contribution in [2.75, 3.05) is 6.54 Å². The van der Waals surface area contributed by atoms with Crippen molar-refractivity contribution in [1.29, 1.82) is 0 Å². The minimum Gasteiger partial charge on any atom is -0.352 e. The fraction of sp³-hybridized carbons (Fsp3) is 0.200. The zero-order valence-electron chi connectivity index (χ0n) is 10.7. The summed E-state index contributed by atoms with van der Waals surface area (Å²) in [7, 11) is 0. The molecule has 0 bridgehead atoms. The van der Waals surface area contributed by atoms with Crippen molar-refractivity contribution < 1.29 is 4.79 Å². The van der Waals surface area contributed by atoms with Gasteiger partial charge in [-0.2, -0.15) is 0 Å². The average Bonchev–Trinajstić information content (AvgIpc) is 2.39. The second kappa shape index (κ2) is 6.48. The molecule has 19 heavy (non-hydrogen) atoms. The normalized spacial score (nSPS) is 10.2. The van der Waals surface area contributed by atoms with Gasteiger partial charge in [-0.15, -0.1) is 0 Å². The summed E-state index contributed by atoms with van der Waals surface area (Å²) in [5.41, 5.74) is 2.96. The highest BCUT2D eigenvalue weighted by Gasteiger charge is 2.09. The van der Waals surface area contributed by atoms with E-state index in [0.717, 1.165) is 16.5 Å². The molecule has 1 heterocycles. The molecule has 98 valence electrons. The van der Waals surface area contributed by atoms with Gasteiger partial charge in [-0.1, -0.05) is 6.07 Å². The monoisotopic (exact) mass is 318 g/mol. The Morgan fingerprint density at radius 3 is 2.68 bits per heavy atom. The molecule has 1 amide bonds. The van der Waals surface area contributed by atoms with Crippen LogP contribution in [-0.2, 0) is 6.42 Å². The maximum atomic E-state index is 12.0. The zero-order chi connectivity index (χ0) is 13.7. The van der Waals surface area contributed by atoms with Gasteiger partial charge < -0.3 is 5.32 Å². The molecule has 1 N–H and O–H groups in total. The number of nitrogens with one attached hydrogen (secondary N) is 1. The third-order valence-electron chi connectivity index (χ3n) is 2.82. The summed E-state index contributed by atoms with van der Waals surface area (Å²) in [6.45, 7) is 2.61. The van der Waals surface area contributed by atoms with Crippen molar-refractivity contribution in [3.63, 3.8) is 0 Å². The van der Waals surface area contributed by atoms with Crippen molar-refractivity contribution in [2.45, 2.75) is 13.3 Å². The molecule has 0 fully saturated rings. The van der Waals surface area contributed by atoms with Crippen LogP contribution in [0.5, 0.6) is 0 Å². The van der Waals surface area contributed by atoms with Gasteiger partial charge in [0, 0.05) is 23.4 Å². The Labute approximate surface area is 121 Å². The zero-order valence-corrected chi connectivity index (χ0v) is 12.3. The van der Waals surface area contributed by atoms with Crippen LogP contribution in [0.15, 0.2) is 47.2 Å². The number of hydrogen-bond acceptors (Lipinski definition) is 2. The number of carbonyl (C=O) groups excluding carboxylic acids is 1. The highest BCUT2D eigenvalue weighted by atomic mass is 79.9. The van der Waals surface area contributed by atoms with Crippen LogP contribution in [0.1, 0.15) is 21.5 Å². The third-order valence-corrected chi connectivity index (χ3v) is 3.47. The van der Waals surface area contributed by atoms with Crippen molar-refractivity contribution in [2.24, 2.45) is 0 Å². The van der Waals surface area contributed by atoms with Gasteiger partial charge in [0.05, 0.1) is 5.56 Å². The molecule has 1 aromatic carbocycles. The number of amides is 1. The first kappa shape index (κ1) is 13.7. The molecule has 0 unspecified atom stereocenters. The van der Waals surface area contributed by atoms with E-state index in [2.05, 4.69) is 26.2 Å². The van der Waals surface area contributed by atoms with Crippen LogP contribution in [0.3, 0.4) is 0 Å². The molecule has 1 aromatic heterocycles. The maximum Gasteiger partial charge on any atom is 0.252 e. The summed E-state index contributed by atoms with van der Waals surface area (Å²) < 4.78 is 0.828. The minimum absolute atomic E-state index is 0.0547. The molecule has 4 heteroatoms. The number of nitrogens with zero attached hydrogens (tertiary/aromatic N) is 1. The SMILES string of the molecule is Cc1ccc(C(=O)NCCc2ccncc2)c(Br)c1. The van der Waals surface area contributed by atoms with E-state index in [9.17, 15) is 4.79 Å². The summed E-state index contributed by atoms with van der Waals surface area (Å²) in [4.78, 5) is 16.0.